The summed E-state index contributed by atoms with van der Waals surface area (Å²) >= 11 is 0. The van der Waals surface area contributed by atoms with Crippen molar-refractivity contribution in [2.24, 2.45) is 5.73 Å². The zero-order valence-corrected chi connectivity index (χ0v) is 12.3. The molecule has 0 aliphatic heterocycles. The van der Waals surface area contributed by atoms with Crippen molar-refractivity contribution in [3.05, 3.63) is 29.6 Å². The van der Waals surface area contributed by atoms with Gasteiger partial charge in [0.05, 0.1) is 7.11 Å². The van der Waals surface area contributed by atoms with Crippen LogP contribution in [-0.2, 0) is 5.41 Å². The van der Waals surface area contributed by atoms with Crippen molar-refractivity contribution >= 4 is 0 Å². The van der Waals surface area contributed by atoms with Crippen LogP contribution in [0, 0.1) is 5.82 Å². The Morgan fingerprint density at radius 1 is 1.42 bits per heavy atom. The molecule has 19 heavy (non-hydrogen) atoms. The number of halogens is 1. The maximum absolute atomic E-state index is 13.4. The topological polar surface area (TPSA) is 47.3 Å². The van der Waals surface area contributed by atoms with Crippen LogP contribution in [0.2, 0.25) is 0 Å². The minimum Gasteiger partial charge on any atom is -0.496 e. The van der Waals surface area contributed by atoms with Crippen molar-refractivity contribution in [1.82, 2.24) is 5.32 Å². The molecule has 0 radical (unpaired) electrons. The molecule has 0 saturated heterocycles. The molecule has 0 aromatic heterocycles. The highest BCUT2D eigenvalue weighted by molar-refractivity contribution is 5.39. The molecule has 108 valence electrons. The van der Waals surface area contributed by atoms with Crippen LogP contribution in [0.1, 0.15) is 32.8 Å². The number of methoxy groups -OCH3 is 1. The van der Waals surface area contributed by atoms with Crippen molar-refractivity contribution in [3.63, 3.8) is 0 Å². The molecule has 0 spiro atoms. The monoisotopic (exact) mass is 268 g/mol. The molecule has 0 amide bonds. The summed E-state index contributed by atoms with van der Waals surface area (Å²) < 4.78 is 18.7. The van der Waals surface area contributed by atoms with Crippen LogP contribution in [0.25, 0.3) is 0 Å². The van der Waals surface area contributed by atoms with Crippen LogP contribution in [0.5, 0.6) is 5.75 Å². The van der Waals surface area contributed by atoms with Gasteiger partial charge in [0.25, 0.3) is 0 Å². The third-order valence-electron chi connectivity index (χ3n) is 3.23. The fourth-order valence-electron chi connectivity index (χ4n) is 2.03. The van der Waals surface area contributed by atoms with Gasteiger partial charge < -0.3 is 15.8 Å². The van der Waals surface area contributed by atoms with Crippen molar-refractivity contribution in [2.45, 2.75) is 38.6 Å². The highest BCUT2D eigenvalue weighted by atomic mass is 19.1. The Morgan fingerprint density at radius 3 is 2.68 bits per heavy atom. The first-order valence-electron chi connectivity index (χ1n) is 6.67. The Morgan fingerprint density at radius 2 is 2.11 bits per heavy atom. The summed E-state index contributed by atoms with van der Waals surface area (Å²) in [5.41, 5.74) is 6.38. The summed E-state index contributed by atoms with van der Waals surface area (Å²) in [6.07, 6.45) is 0.927. The highest BCUT2D eigenvalue weighted by Crippen LogP contribution is 2.31. The van der Waals surface area contributed by atoms with E-state index in [0.717, 1.165) is 30.8 Å². The first-order valence-corrected chi connectivity index (χ1v) is 6.67. The van der Waals surface area contributed by atoms with Gasteiger partial charge in [-0.1, -0.05) is 13.8 Å². The molecule has 0 heterocycles. The Hall–Kier alpha value is -1.13. The van der Waals surface area contributed by atoms with E-state index >= 15 is 0 Å². The van der Waals surface area contributed by atoms with Gasteiger partial charge in [0.1, 0.15) is 11.6 Å². The van der Waals surface area contributed by atoms with Crippen LogP contribution in [0.4, 0.5) is 4.39 Å². The molecule has 0 bridgehead atoms. The van der Waals surface area contributed by atoms with Gasteiger partial charge in [-0.25, -0.2) is 4.39 Å². The third-order valence-corrected chi connectivity index (χ3v) is 3.23. The fraction of sp³-hybridized carbons (Fsp3) is 0.600. The summed E-state index contributed by atoms with van der Waals surface area (Å²) in [6, 6.07) is 4.84. The molecular formula is C15H25FN2O. The SMILES string of the molecule is COc1ccc(F)cc1C(C)(C)CNCCC(C)N. The van der Waals surface area contributed by atoms with E-state index in [9.17, 15) is 4.39 Å². The average molecular weight is 268 g/mol. The van der Waals surface area contributed by atoms with E-state index in [1.807, 2.05) is 6.92 Å². The number of hydrogen-bond donors (Lipinski definition) is 2. The number of nitrogens with one attached hydrogen (secondary N) is 1. The number of hydrogen-bond acceptors (Lipinski definition) is 3. The van der Waals surface area contributed by atoms with Crippen molar-refractivity contribution in [1.29, 1.82) is 0 Å². The van der Waals surface area contributed by atoms with E-state index in [2.05, 4.69) is 19.2 Å². The number of ether oxygens (including phenoxy) is 1. The van der Waals surface area contributed by atoms with Crippen molar-refractivity contribution in [3.8, 4) is 5.75 Å². The zero-order valence-electron chi connectivity index (χ0n) is 12.3. The normalized spacial score (nSPS) is 13.4. The maximum atomic E-state index is 13.4. The molecule has 1 atom stereocenters. The fourth-order valence-corrected chi connectivity index (χ4v) is 2.03. The molecule has 1 aromatic rings. The maximum Gasteiger partial charge on any atom is 0.123 e. The van der Waals surface area contributed by atoms with E-state index in [1.165, 1.54) is 6.07 Å². The highest BCUT2D eigenvalue weighted by Gasteiger charge is 2.24. The van der Waals surface area contributed by atoms with Gasteiger partial charge in [0, 0.05) is 23.6 Å². The number of benzene rings is 1. The second-order valence-electron chi connectivity index (χ2n) is 5.67. The largest absolute Gasteiger partial charge is 0.496 e. The summed E-state index contributed by atoms with van der Waals surface area (Å²) in [6.45, 7) is 7.74. The van der Waals surface area contributed by atoms with Crippen molar-refractivity contribution in [2.75, 3.05) is 20.2 Å². The van der Waals surface area contributed by atoms with Crippen LogP contribution in [0.15, 0.2) is 18.2 Å². The van der Waals surface area contributed by atoms with E-state index in [-0.39, 0.29) is 17.3 Å². The molecule has 3 N–H and O–H groups in total. The second kappa shape index (κ2) is 6.87. The lowest BCUT2D eigenvalue weighted by Gasteiger charge is -2.27. The van der Waals surface area contributed by atoms with Gasteiger partial charge >= 0.3 is 0 Å². The quantitative estimate of drug-likeness (QED) is 0.747. The smallest absolute Gasteiger partial charge is 0.123 e. The lowest BCUT2D eigenvalue weighted by atomic mass is 9.83. The van der Waals surface area contributed by atoms with E-state index in [0.29, 0.717) is 0 Å². The first-order chi connectivity index (χ1) is 8.86. The molecule has 1 rings (SSSR count). The summed E-state index contributed by atoms with van der Waals surface area (Å²) in [5, 5.41) is 3.37. The van der Waals surface area contributed by atoms with E-state index < -0.39 is 0 Å². The van der Waals surface area contributed by atoms with Gasteiger partial charge in [-0.15, -0.1) is 0 Å². The minimum absolute atomic E-state index is 0.194. The van der Waals surface area contributed by atoms with Gasteiger partial charge in [-0.2, -0.15) is 0 Å². The van der Waals surface area contributed by atoms with Crippen LogP contribution in [0.3, 0.4) is 0 Å². The molecule has 0 aliphatic rings. The molecule has 1 unspecified atom stereocenters. The number of nitrogens with two attached hydrogens (primary N) is 1. The molecular weight excluding hydrogens is 243 g/mol. The zero-order chi connectivity index (χ0) is 14.5. The summed E-state index contributed by atoms with van der Waals surface area (Å²) in [4.78, 5) is 0. The van der Waals surface area contributed by atoms with Gasteiger partial charge in [0.2, 0.25) is 0 Å². The Labute approximate surface area is 115 Å². The first kappa shape index (κ1) is 15.9. The Kier molecular flexibility index (Phi) is 5.76. The average Bonchev–Trinajstić information content (AvgIpc) is 2.34. The number of rotatable bonds is 7. The van der Waals surface area contributed by atoms with Crippen LogP contribution >= 0.6 is 0 Å². The van der Waals surface area contributed by atoms with E-state index in [1.54, 1.807) is 19.2 Å². The third kappa shape index (κ3) is 4.80. The predicted molar refractivity (Wildman–Crippen MR) is 77.1 cm³/mol. The van der Waals surface area contributed by atoms with Gasteiger partial charge in [-0.05, 0) is 38.1 Å². The summed E-state index contributed by atoms with van der Waals surface area (Å²) in [5.74, 6) is 0.486. The Bertz CT molecular complexity index is 405. The predicted octanol–water partition coefficient (Wildman–Crippen LogP) is 2.44. The van der Waals surface area contributed by atoms with Crippen LogP contribution < -0.4 is 15.8 Å². The molecule has 3 nitrogen and oxygen atoms in total. The summed E-state index contributed by atoms with van der Waals surface area (Å²) in [7, 11) is 1.61. The van der Waals surface area contributed by atoms with E-state index in [4.69, 9.17) is 10.5 Å². The second-order valence-corrected chi connectivity index (χ2v) is 5.67. The van der Waals surface area contributed by atoms with Gasteiger partial charge in [0.15, 0.2) is 0 Å². The standard InChI is InChI=1S/C15H25FN2O/c1-11(17)7-8-18-10-15(2,3)13-9-12(16)5-6-14(13)19-4/h5-6,9,11,18H,7-8,10,17H2,1-4H3. The lowest BCUT2D eigenvalue weighted by Crippen LogP contribution is -2.35. The van der Waals surface area contributed by atoms with Gasteiger partial charge in [-0.3, -0.25) is 0 Å². The van der Waals surface area contributed by atoms with Crippen molar-refractivity contribution < 1.29 is 9.13 Å². The lowest BCUT2D eigenvalue weighted by molar-refractivity contribution is 0.382. The molecule has 0 fully saturated rings. The minimum atomic E-state index is -0.237. The molecule has 0 saturated carbocycles. The molecule has 1 aromatic carbocycles. The Balaban J connectivity index is 2.73. The molecule has 0 aliphatic carbocycles. The molecule has 4 heteroatoms. The van der Waals surface area contributed by atoms with Crippen LogP contribution in [-0.4, -0.2) is 26.2 Å².